The van der Waals surface area contributed by atoms with E-state index in [0.717, 1.165) is 10.8 Å². The highest BCUT2D eigenvalue weighted by Crippen LogP contribution is 2.14. The van der Waals surface area contributed by atoms with Gasteiger partial charge in [0.05, 0.1) is 0 Å². The maximum absolute atomic E-state index is 10.1. The average molecular weight is 284 g/mol. The predicted octanol–water partition coefficient (Wildman–Crippen LogP) is 3.54. The van der Waals surface area contributed by atoms with Gasteiger partial charge in [-0.1, -0.05) is 47.3 Å². The van der Waals surface area contributed by atoms with E-state index in [1.807, 2.05) is 12.1 Å². The average Bonchev–Trinajstić information content (AvgIpc) is 2.31. The zero-order valence-corrected chi connectivity index (χ0v) is 10.9. The molecule has 2 N–H and O–H groups in total. The van der Waals surface area contributed by atoms with Crippen LogP contribution in [0.25, 0.3) is 0 Å². The van der Waals surface area contributed by atoms with Crippen molar-refractivity contribution in [1.82, 2.24) is 0 Å². The highest BCUT2D eigenvalue weighted by molar-refractivity contribution is 9.10. The molecule has 0 spiro atoms. The Labute approximate surface area is 105 Å². The lowest BCUT2D eigenvalue weighted by Crippen LogP contribution is -2.22. The number of hydrogen-bond donors (Lipinski definition) is 1. The molecule has 16 heavy (non-hydrogen) atoms. The third-order valence-electron chi connectivity index (χ3n) is 2.63. The van der Waals surface area contributed by atoms with Crippen molar-refractivity contribution >= 4 is 22.2 Å². The molecule has 0 unspecified atom stereocenters. The van der Waals surface area contributed by atoms with Gasteiger partial charge in [-0.3, -0.25) is 4.79 Å². The van der Waals surface area contributed by atoms with Crippen LogP contribution in [0.5, 0.6) is 0 Å². The van der Waals surface area contributed by atoms with Crippen LogP contribution >= 0.6 is 15.9 Å². The van der Waals surface area contributed by atoms with Gasteiger partial charge in [0, 0.05) is 16.1 Å². The molecule has 0 radical (unpaired) electrons. The van der Waals surface area contributed by atoms with Crippen LogP contribution in [0, 0.1) is 0 Å². The van der Waals surface area contributed by atoms with Crippen LogP contribution in [0.4, 0.5) is 0 Å². The lowest BCUT2D eigenvalue weighted by molar-refractivity contribution is 0.112. The minimum atomic E-state index is 0.536. The third kappa shape index (κ3) is 5.42. The molecule has 0 aromatic heterocycles. The molecule has 0 heterocycles. The maximum atomic E-state index is 10.1. The van der Waals surface area contributed by atoms with E-state index in [1.54, 1.807) is 12.1 Å². The molecular formula is C13H18BrNO. The van der Waals surface area contributed by atoms with Gasteiger partial charge in [-0.2, -0.15) is 0 Å². The zero-order chi connectivity index (χ0) is 11.8. The first kappa shape index (κ1) is 13.4. The van der Waals surface area contributed by atoms with Crippen LogP contribution in [0.3, 0.4) is 0 Å². The molecule has 0 atom stereocenters. The fourth-order valence-electron chi connectivity index (χ4n) is 1.71. The molecule has 2 rings (SSSR count). The van der Waals surface area contributed by atoms with Gasteiger partial charge in [-0.15, -0.1) is 0 Å². The topological polar surface area (TPSA) is 43.1 Å². The number of nitrogens with two attached hydrogens (primary N) is 1. The van der Waals surface area contributed by atoms with Crippen molar-refractivity contribution in [3.05, 3.63) is 34.3 Å². The van der Waals surface area contributed by atoms with Crippen LogP contribution in [0.1, 0.15) is 42.5 Å². The molecule has 0 aliphatic heterocycles. The van der Waals surface area contributed by atoms with Crippen molar-refractivity contribution in [2.45, 2.75) is 38.1 Å². The number of hydrogen-bond acceptors (Lipinski definition) is 2. The van der Waals surface area contributed by atoms with Gasteiger partial charge in [0.25, 0.3) is 0 Å². The third-order valence-corrected chi connectivity index (χ3v) is 3.13. The van der Waals surface area contributed by atoms with Crippen molar-refractivity contribution in [1.29, 1.82) is 0 Å². The molecular weight excluding hydrogens is 266 g/mol. The lowest BCUT2D eigenvalue weighted by atomic mass is 9.97. The molecule has 0 saturated heterocycles. The summed E-state index contributed by atoms with van der Waals surface area (Å²) < 4.78 is 0.937. The minimum Gasteiger partial charge on any atom is -0.328 e. The summed E-state index contributed by atoms with van der Waals surface area (Å²) in [5, 5.41) is 0. The van der Waals surface area contributed by atoms with E-state index in [1.165, 1.54) is 32.1 Å². The second-order valence-electron chi connectivity index (χ2n) is 4.07. The molecule has 1 aromatic carbocycles. The molecule has 1 saturated carbocycles. The lowest BCUT2D eigenvalue weighted by Gasteiger charge is -2.15. The Morgan fingerprint density at radius 1 is 1.25 bits per heavy atom. The van der Waals surface area contributed by atoms with Crippen molar-refractivity contribution in [3.8, 4) is 0 Å². The van der Waals surface area contributed by atoms with Gasteiger partial charge in [0.2, 0.25) is 0 Å². The van der Waals surface area contributed by atoms with Crippen molar-refractivity contribution in [2.75, 3.05) is 0 Å². The Morgan fingerprint density at radius 3 is 2.31 bits per heavy atom. The Bertz CT molecular complexity index is 321. The van der Waals surface area contributed by atoms with E-state index in [4.69, 9.17) is 5.73 Å². The number of carbonyl (C=O) groups is 1. The summed E-state index contributed by atoms with van der Waals surface area (Å²) in [5.74, 6) is 0. The molecule has 1 aliphatic carbocycles. The van der Waals surface area contributed by atoms with Gasteiger partial charge in [-0.05, 0) is 25.0 Å². The maximum Gasteiger partial charge on any atom is 0.150 e. The van der Waals surface area contributed by atoms with Gasteiger partial charge in [0.15, 0.2) is 0 Å². The summed E-state index contributed by atoms with van der Waals surface area (Å²) in [6.07, 6.45) is 7.49. The summed E-state index contributed by atoms with van der Waals surface area (Å²) in [4.78, 5) is 10.1. The first-order valence-corrected chi connectivity index (χ1v) is 6.48. The minimum absolute atomic E-state index is 0.536. The van der Waals surface area contributed by atoms with Crippen LogP contribution in [0.2, 0.25) is 0 Å². The standard InChI is InChI=1S/C7H5BrO.C6H13N/c8-7-3-1-2-6(4-7)5-9;7-6-4-2-1-3-5-6/h1-5H;6H,1-5,7H2. The van der Waals surface area contributed by atoms with Gasteiger partial charge in [-0.25, -0.2) is 0 Å². The van der Waals surface area contributed by atoms with Crippen LogP contribution in [0.15, 0.2) is 28.7 Å². The quantitative estimate of drug-likeness (QED) is 0.801. The van der Waals surface area contributed by atoms with Gasteiger partial charge in [0.1, 0.15) is 6.29 Å². The molecule has 1 aromatic rings. The Hall–Kier alpha value is -0.670. The molecule has 2 nitrogen and oxygen atoms in total. The van der Waals surface area contributed by atoms with E-state index in [9.17, 15) is 4.79 Å². The molecule has 3 heteroatoms. The predicted molar refractivity (Wildman–Crippen MR) is 70.6 cm³/mol. The first-order chi connectivity index (χ1) is 7.72. The fourth-order valence-corrected chi connectivity index (χ4v) is 2.13. The van der Waals surface area contributed by atoms with E-state index in [2.05, 4.69) is 15.9 Å². The van der Waals surface area contributed by atoms with E-state index in [0.29, 0.717) is 11.6 Å². The van der Waals surface area contributed by atoms with Gasteiger partial charge < -0.3 is 5.73 Å². The fraction of sp³-hybridized carbons (Fsp3) is 0.462. The van der Waals surface area contributed by atoms with E-state index in [-0.39, 0.29) is 0 Å². The largest absolute Gasteiger partial charge is 0.328 e. The Kier molecular flexibility index (Phi) is 6.34. The SMILES string of the molecule is NC1CCCCC1.O=Cc1cccc(Br)c1. The molecule has 1 aliphatic rings. The monoisotopic (exact) mass is 283 g/mol. The number of halogens is 1. The molecule has 1 fully saturated rings. The Morgan fingerprint density at radius 2 is 1.94 bits per heavy atom. The number of benzene rings is 1. The van der Waals surface area contributed by atoms with Crippen molar-refractivity contribution < 1.29 is 4.79 Å². The summed E-state index contributed by atoms with van der Waals surface area (Å²) in [6.45, 7) is 0. The second kappa shape index (κ2) is 7.58. The van der Waals surface area contributed by atoms with E-state index >= 15 is 0 Å². The smallest absolute Gasteiger partial charge is 0.150 e. The summed E-state index contributed by atoms with van der Waals surface area (Å²) in [7, 11) is 0. The summed E-state index contributed by atoms with van der Waals surface area (Å²) in [6, 6.07) is 7.78. The number of aldehydes is 1. The summed E-state index contributed by atoms with van der Waals surface area (Å²) >= 11 is 3.24. The van der Waals surface area contributed by atoms with E-state index < -0.39 is 0 Å². The summed E-state index contributed by atoms with van der Waals surface area (Å²) in [5.41, 5.74) is 6.33. The highest BCUT2D eigenvalue weighted by Gasteiger charge is 2.06. The van der Waals surface area contributed by atoms with Crippen LogP contribution in [-0.4, -0.2) is 12.3 Å². The van der Waals surface area contributed by atoms with Crippen molar-refractivity contribution in [3.63, 3.8) is 0 Å². The molecule has 0 bridgehead atoms. The zero-order valence-electron chi connectivity index (χ0n) is 9.36. The van der Waals surface area contributed by atoms with Gasteiger partial charge >= 0.3 is 0 Å². The Balaban J connectivity index is 0.000000165. The second-order valence-corrected chi connectivity index (χ2v) is 4.99. The van der Waals surface area contributed by atoms with Crippen LogP contribution in [-0.2, 0) is 0 Å². The first-order valence-electron chi connectivity index (χ1n) is 5.68. The van der Waals surface area contributed by atoms with Crippen molar-refractivity contribution in [2.24, 2.45) is 5.73 Å². The number of carbonyl (C=O) groups excluding carboxylic acids is 1. The highest BCUT2D eigenvalue weighted by atomic mass is 79.9. The number of rotatable bonds is 1. The molecule has 88 valence electrons. The van der Waals surface area contributed by atoms with Crippen LogP contribution < -0.4 is 5.73 Å². The normalized spacial score (nSPS) is 16.1. The molecule has 0 amide bonds.